The summed E-state index contributed by atoms with van der Waals surface area (Å²) in [5, 5.41) is 21.2. The minimum atomic E-state index is -0.470. The molecule has 2 rings (SSSR count). The van der Waals surface area contributed by atoms with Gasteiger partial charge in [-0.1, -0.05) is 0 Å². The molecule has 1 heterocycles. The zero-order valence-corrected chi connectivity index (χ0v) is 8.81. The highest BCUT2D eigenvalue weighted by atomic mass is 16.3. The molecule has 1 amide bonds. The van der Waals surface area contributed by atoms with Crippen molar-refractivity contribution in [3.05, 3.63) is 24.0 Å². The first-order valence-corrected chi connectivity index (χ1v) is 5.23. The molecule has 0 aliphatic heterocycles. The summed E-state index contributed by atoms with van der Waals surface area (Å²) >= 11 is 0. The fraction of sp³-hybridized carbons (Fsp3) is 0.455. The number of pyridine rings is 1. The molecular weight excluding hydrogens is 208 g/mol. The topological polar surface area (TPSA) is 82.5 Å². The highest BCUT2D eigenvalue weighted by molar-refractivity contribution is 5.94. The summed E-state index contributed by atoms with van der Waals surface area (Å²) in [4.78, 5) is 15.5. The average molecular weight is 222 g/mol. The maximum Gasteiger partial charge on any atom is 0.253 e. The second kappa shape index (κ2) is 4.09. The van der Waals surface area contributed by atoms with E-state index in [0.29, 0.717) is 5.56 Å². The summed E-state index contributed by atoms with van der Waals surface area (Å²) in [7, 11) is 0. The Labute approximate surface area is 93.1 Å². The summed E-state index contributed by atoms with van der Waals surface area (Å²) in [5.41, 5.74) is -0.164. The molecule has 0 aromatic carbocycles. The quantitative estimate of drug-likeness (QED) is 0.692. The van der Waals surface area contributed by atoms with Crippen molar-refractivity contribution in [3.8, 4) is 5.75 Å². The third-order valence-electron chi connectivity index (χ3n) is 2.98. The largest absolute Gasteiger partial charge is 0.506 e. The van der Waals surface area contributed by atoms with Gasteiger partial charge in [0.25, 0.3) is 5.91 Å². The van der Waals surface area contributed by atoms with Crippen molar-refractivity contribution in [2.45, 2.75) is 24.8 Å². The molecule has 0 spiro atoms. The fourth-order valence-electron chi connectivity index (χ4n) is 1.79. The van der Waals surface area contributed by atoms with Crippen LogP contribution in [-0.2, 0) is 0 Å². The van der Waals surface area contributed by atoms with Crippen molar-refractivity contribution in [1.82, 2.24) is 10.3 Å². The Balaban J connectivity index is 2.08. The van der Waals surface area contributed by atoms with E-state index in [2.05, 4.69) is 10.3 Å². The standard InChI is InChI=1S/C11H14N2O3/c14-7-11(2-1-3-11)13-10(16)8-4-9(15)6-12-5-8/h4-6,14-15H,1-3,7H2,(H,13,16). The SMILES string of the molecule is O=C(NC1(CO)CCC1)c1cncc(O)c1. The van der Waals surface area contributed by atoms with Gasteiger partial charge >= 0.3 is 0 Å². The van der Waals surface area contributed by atoms with Gasteiger partial charge in [-0.15, -0.1) is 0 Å². The molecule has 86 valence electrons. The van der Waals surface area contributed by atoms with Crippen molar-refractivity contribution in [2.24, 2.45) is 0 Å². The highest BCUT2D eigenvalue weighted by Crippen LogP contribution is 2.31. The third kappa shape index (κ3) is 1.99. The Bertz CT molecular complexity index is 396. The molecule has 1 aromatic heterocycles. The molecule has 1 aliphatic rings. The first-order valence-electron chi connectivity index (χ1n) is 5.23. The van der Waals surface area contributed by atoms with Crippen LogP contribution in [0, 0.1) is 0 Å². The van der Waals surface area contributed by atoms with Crippen molar-refractivity contribution in [3.63, 3.8) is 0 Å². The van der Waals surface area contributed by atoms with Crippen LogP contribution in [0.4, 0.5) is 0 Å². The first kappa shape index (κ1) is 10.9. The lowest BCUT2D eigenvalue weighted by molar-refractivity contribution is 0.0641. The van der Waals surface area contributed by atoms with E-state index >= 15 is 0 Å². The van der Waals surface area contributed by atoms with Crippen LogP contribution in [0.15, 0.2) is 18.5 Å². The molecule has 0 saturated heterocycles. The van der Waals surface area contributed by atoms with Crippen LogP contribution < -0.4 is 5.32 Å². The zero-order valence-electron chi connectivity index (χ0n) is 8.81. The number of amides is 1. The van der Waals surface area contributed by atoms with Crippen molar-refractivity contribution in [1.29, 1.82) is 0 Å². The maximum absolute atomic E-state index is 11.8. The molecular formula is C11H14N2O3. The summed E-state index contributed by atoms with van der Waals surface area (Å²) < 4.78 is 0. The molecule has 16 heavy (non-hydrogen) atoms. The van der Waals surface area contributed by atoms with Crippen LogP contribution in [0.3, 0.4) is 0 Å². The van der Waals surface area contributed by atoms with Crippen LogP contribution in [0.2, 0.25) is 0 Å². The van der Waals surface area contributed by atoms with Gasteiger partial charge in [-0.25, -0.2) is 0 Å². The van der Waals surface area contributed by atoms with Crippen LogP contribution in [0.5, 0.6) is 5.75 Å². The highest BCUT2D eigenvalue weighted by Gasteiger charge is 2.37. The van der Waals surface area contributed by atoms with Gasteiger partial charge in [0.15, 0.2) is 0 Å². The van der Waals surface area contributed by atoms with Crippen LogP contribution in [-0.4, -0.2) is 33.3 Å². The lowest BCUT2D eigenvalue weighted by atomic mass is 9.77. The van der Waals surface area contributed by atoms with Crippen LogP contribution in [0.1, 0.15) is 29.6 Å². The van der Waals surface area contributed by atoms with Gasteiger partial charge in [0.05, 0.1) is 23.9 Å². The van der Waals surface area contributed by atoms with Gasteiger partial charge < -0.3 is 15.5 Å². The first-order chi connectivity index (χ1) is 7.65. The Morgan fingerprint density at radius 3 is 2.75 bits per heavy atom. The van der Waals surface area contributed by atoms with E-state index in [-0.39, 0.29) is 18.3 Å². The number of rotatable bonds is 3. The summed E-state index contributed by atoms with van der Waals surface area (Å²) in [6, 6.07) is 1.35. The van der Waals surface area contributed by atoms with Crippen molar-refractivity contribution < 1.29 is 15.0 Å². The molecule has 1 saturated carbocycles. The number of carbonyl (C=O) groups is 1. The molecule has 0 bridgehead atoms. The molecule has 3 N–H and O–H groups in total. The summed E-state index contributed by atoms with van der Waals surface area (Å²) in [6.45, 7) is -0.0506. The predicted molar refractivity (Wildman–Crippen MR) is 57.0 cm³/mol. The van der Waals surface area contributed by atoms with Gasteiger partial charge in [0.1, 0.15) is 5.75 Å². The molecule has 0 radical (unpaired) electrons. The number of aliphatic hydroxyl groups excluding tert-OH is 1. The second-order valence-electron chi connectivity index (χ2n) is 4.18. The van der Waals surface area contributed by atoms with E-state index in [1.807, 2.05) is 0 Å². The number of hydrogen-bond donors (Lipinski definition) is 3. The number of nitrogens with zero attached hydrogens (tertiary/aromatic N) is 1. The Hall–Kier alpha value is -1.62. The Morgan fingerprint density at radius 1 is 1.50 bits per heavy atom. The van der Waals surface area contributed by atoms with Crippen molar-refractivity contribution in [2.75, 3.05) is 6.61 Å². The van der Waals surface area contributed by atoms with E-state index in [9.17, 15) is 15.0 Å². The minimum Gasteiger partial charge on any atom is -0.506 e. The normalized spacial score (nSPS) is 17.6. The van der Waals surface area contributed by atoms with E-state index in [0.717, 1.165) is 19.3 Å². The molecule has 1 fully saturated rings. The average Bonchev–Trinajstić information content (AvgIpc) is 2.23. The van der Waals surface area contributed by atoms with Gasteiger partial charge in [-0.3, -0.25) is 9.78 Å². The summed E-state index contributed by atoms with van der Waals surface area (Å²) in [5.74, 6) is -0.351. The number of aliphatic hydroxyl groups is 1. The lowest BCUT2D eigenvalue weighted by Crippen LogP contribution is -2.56. The molecule has 5 nitrogen and oxygen atoms in total. The van der Waals surface area contributed by atoms with Crippen LogP contribution >= 0.6 is 0 Å². The monoisotopic (exact) mass is 222 g/mol. The van der Waals surface area contributed by atoms with E-state index in [1.165, 1.54) is 18.5 Å². The Morgan fingerprint density at radius 2 is 2.25 bits per heavy atom. The lowest BCUT2D eigenvalue weighted by Gasteiger charge is -2.40. The number of aromatic nitrogens is 1. The third-order valence-corrected chi connectivity index (χ3v) is 2.98. The maximum atomic E-state index is 11.8. The predicted octanol–water partition coefficient (Wildman–Crippen LogP) is 0.432. The van der Waals surface area contributed by atoms with Gasteiger partial charge in [0.2, 0.25) is 0 Å². The second-order valence-corrected chi connectivity index (χ2v) is 4.18. The number of nitrogens with one attached hydrogen (secondary N) is 1. The van der Waals surface area contributed by atoms with Gasteiger partial charge in [-0.2, -0.15) is 0 Å². The van der Waals surface area contributed by atoms with Gasteiger partial charge in [0, 0.05) is 6.20 Å². The molecule has 5 heteroatoms. The number of hydrogen-bond acceptors (Lipinski definition) is 4. The summed E-state index contributed by atoms with van der Waals surface area (Å²) in [6.07, 6.45) is 5.25. The minimum absolute atomic E-state index is 0.0423. The molecule has 0 unspecified atom stereocenters. The van der Waals surface area contributed by atoms with Crippen LogP contribution in [0.25, 0.3) is 0 Å². The number of aromatic hydroxyl groups is 1. The fourth-order valence-corrected chi connectivity index (χ4v) is 1.79. The van der Waals surface area contributed by atoms with E-state index in [1.54, 1.807) is 0 Å². The smallest absolute Gasteiger partial charge is 0.253 e. The number of carbonyl (C=O) groups excluding carboxylic acids is 1. The molecule has 1 aromatic rings. The molecule has 1 aliphatic carbocycles. The van der Waals surface area contributed by atoms with E-state index in [4.69, 9.17) is 0 Å². The Kier molecular flexibility index (Phi) is 2.78. The van der Waals surface area contributed by atoms with Crippen molar-refractivity contribution >= 4 is 5.91 Å². The zero-order chi connectivity index (χ0) is 11.6. The molecule has 0 atom stereocenters. The van der Waals surface area contributed by atoms with E-state index < -0.39 is 5.54 Å². The van der Waals surface area contributed by atoms with Gasteiger partial charge in [-0.05, 0) is 25.3 Å².